The molecular formula is C13H19NO3. The third-order valence-corrected chi connectivity index (χ3v) is 3.40. The van der Waals surface area contributed by atoms with E-state index in [9.17, 15) is 4.79 Å². The van der Waals surface area contributed by atoms with Crippen molar-refractivity contribution in [2.75, 3.05) is 26.3 Å². The molecule has 94 valence electrons. The second kappa shape index (κ2) is 5.02. The van der Waals surface area contributed by atoms with Gasteiger partial charge in [-0.1, -0.05) is 0 Å². The Hall–Kier alpha value is -1.13. The Morgan fingerprint density at radius 2 is 2.12 bits per heavy atom. The summed E-state index contributed by atoms with van der Waals surface area (Å²) in [7, 11) is 0. The van der Waals surface area contributed by atoms with Gasteiger partial charge in [-0.25, -0.2) is 0 Å². The van der Waals surface area contributed by atoms with Crippen molar-refractivity contribution in [3.05, 3.63) is 24.2 Å². The van der Waals surface area contributed by atoms with Crippen molar-refractivity contribution in [2.24, 2.45) is 0 Å². The van der Waals surface area contributed by atoms with Crippen LogP contribution in [0.5, 0.6) is 0 Å². The molecule has 1 aromatic rings. The molecule has 0 spiro atoms. The van der Waals surface area contributed by atoms with Gasteiger partial charge in [-0.3, -0.25) is 9.69 Å². The van der Waals surface area contributed by atoms with Crippen LogP contribution >= 0.6 is 0 Å². The van der Waals surface area contributed by atoms with E-state index in [0.29, 0.717) is 19.6 Å². The van der Waals surface area contributed by atoms with Crippen LogP contribution in [-0.2, 0) is 16.0 Å². The normalized spacial score (nSPS) is 18.2. The number of hydrogen-bond acceptors (Lipinski definition) is 4. The minimum atomic E-state index is -0.448. The highest BCUT2D eigenvalue weighted by atomic mass is 16.5. The van der Waals surface area contributed by atoms with E-state index in [1.165, 1.54) is 0 Å². The number of morpholine rings is 1. The molecular weight excluding hydrogens is 218 g/mol. The van der Waals surface area contributed by atoms with Gasteiger partial charge in [0.05, 0.1) is 31.4 Å². The monoisotopic (exact) mass is 237 g/mol. The molecule has 17 heavy (non-hydrogen) atoms. The Kier molecular flexibility index (Phi) is 3.64. The summed E-state index contributed by atoms with van der Waals surface area (Å²) in [6.07, 6.45) is 1.96. The van der Waals surface area contributed by atoms with Gasteiger partial charge in [-0.05, 0) is 26.0 Å². The molecule has 2 rings (SSSR count). The fourth-order valence-corrected chi connectivity index (χ4v) is 2.09. The Labute approximate surface area is 102 Å². The molecule has 0 radical (unpaired) electrons. The largest absolute Gasteiger partial charge is 0.469 e. The van der Waals surface area contributed by atoms with Crippen molar-refractivity contribution in [1.82, 2.24) is 4.90 Å². The Morgan fingerprint density at radius 3 is 2.71 bits per heavy atom. The molecule has 1 aliphatic rings. The Balaban J connectivity index is 2.00. The number of ketones is 1. The van der Waals surface area contributed by atoms with Crippen LogP contribution in [0.25, 0.3) is 0 Å². The highest BCUT2D eigenvalue weighted by Gasteiger charge is 2.35. The first-order valence-corrected chi connectivity index (χ1v) is 5.99. The second-order valence-corrected chi connectivity index (χ2v) is 4.84. The lowest BCUT2D eigenvalue weighted by atomic mass is 9.93. The summed E-state index contributed by atoms with van der Waals surface area (Å²) in [4.78, 5) is 14.5. The van der Waals surface area contributed by atoms with Crippen molar-refractivity contribution in [2.45, 2.75) is 25.8 Å². The molecule has 0 saturated carbocycles. The van der Waals surface area contributed by atoms with Crippen LogP contribution in [0.4, 0.5) is 0 Å². The predicted octanol–water partition coefficient (Wildman–Crippen LogP) is 1.50. The fraction of sp³-hybridized carbons (Fsp3) is 0.615. The molecule has 0 bridgehead atoms. The van der Waals surface area contributed by atoms with E-state index >= 15 is 0 Å². The van der Waals surface area contributed by atoms with Gasteiger partial charge in [0, 0.05) is 13.1 Å². The van der Waals surface area contributed by atoms with Crippen LogP contribution in [0.15, 0.2) is 22.8 Å². The molecule has 0 unspecified atom stereocenters. The number of ether oxygens (including phenoxy) is 1. The maximum atomic E-state index is 12.3. The minimum absolute atomic E-state index is 0.189. The highest BCUT2D eigenvalue weighted by Crippen LogP contribution is 2.19. The van der Waals surface area contributed by atoms with E-state index in [1.807, 2.05) is 26.0 Å². The molecule has 0 aliphatic carbocycles. The van der Waals surface area contributed by atoms with Crippen LogP contribution in [0, 0.1) is 0 Å². The summed E-state index contributed by atoms with van der Waals surface area (Å²) in [6.45, 7) is 7.00. The fourth-order valence-electron chi connectivity index (χ4n) is 2.09. The summed E-state index contributed by atoms with van der Waals surface area (Å²) >= 11 is 0. The lowest BCUT2D eigenvalue weighted by Gasteiger charge is -2.39. The molecule has 0 amide bonds. The molecule has 4 nitrogen and oxygen atoms in total. The number of carbonyl (C=O) groups excluding carboxylic acids is 1. The van der Waals surface area contributed by atoms with Gasteiger partial charge in [0.25, 0.3) is 0 Å². The van der Waals surface area contributed by atoms with Crippen LogP contribution in [0.3, 0.4) is 0 Å². The van der Waals surface area contributed by atoms with Crippen LogP contribution < -0.4 is 0 Å². The molecule has 1 aromatic heterocycles. The van der Waals surface area contributed by atoms with Gasteiger partial charge < -0.3 is 9.15 Å². The topological polar surface area (TPSA) is 42.7 Å². The van der Waals surface area contributed by atoms with Crippen LogP contribution in [0.1, 0.15) is 19.6 Å². The van der Waals surface area contributed by atoms with E-state index in [-0.39, 0.29) is 5.78 Å². The first kappa shape index (κ1) is 12.3. The average Bonchev–Trinajstić information content (AvgIpc) is 2.83. The van der Waals surface area contributed by atoms with Crippen molar-refractivity contribution in [1.29, 1.82) is 0 Å². The van der Waals surface area contributed by atoms with Gasteiger partial charge in [-0.2, -0.15) is 0 Å². The quantitative estimate of drug-likeness (QED) is 0.796. The molecule has 1 aliphatic heterocycles. The number of rotatable bonds is 4. The lowest BCUT2D eigenvalue weighted by molar-refractivity contribution is -0.131. The van der Waals surface area contributed by atoms with E-state index in [1.54, 1.807) is 6.26 Å². The number of carbonyl (C=O) groups is 1. The van der Waals surface area contributed by atoms with E-state index in [0.717, 1.165) is 18.8 Å². The first-order valence-electron chi connectivity index (χ1n) is 5.99. The van der Waals surface area contributed by atoms with E-state index in [4.69, 9.17) is 9.15 Å². The third-order valence-electron chi connectivity index (χ3n) is 3.40. The molecule has 0 N–H and O–H groups in total. The highest BCUT2D eigenvalue weighted by molar-refractivity contribution is 5.89. The number of nitrogens with zero attached hydrogens (tertiary/aromatic N) is 1. The summed E-state index contributed by atoms with van der Waals surface area (Å²) in [5, 5.41) is 0. The standard InChI is InChI=1S/C13H19NO3/c1-13(2,14-5-8-16-9-6-14)12(15)10-11-4-3-7-17-11/h3-4,7H,5-6,8-10H2,1-2H3. The zero-order valence-corrected chi connectivity index (χ0v) is 10.4. The second-order valence-electron chi connectivity index (χ2n) is 4.84. The number of furan rings is 1. The minimum Gasteiger partial charge on any atom is -0.469 e. The average molecular weight is 237 g/mol. The Morgan fingerprint density at radius 1 is 1.41 bits per heavy atom. The number of Topliss-reactive ketones (excluding diaryl/α,β-unsaturated/α-hetero) is 1. The first-order chi connectivity index (χ1) is 8.10. The maximum Gasteiger partial charge on any atom is 0.160 e. The summed E-state index contributed by atoms with van der Waals surface area (Å²) in [5.74, 6) is 0.922. The summed E-state index contributed by atoms with van der Waals surface area (Å²) in [5.41, 5.74) is -0.448. The summed E-state index contributed by atoms with van der Waals surface area (Å²) < 4.78 is 10.5. The predicted molar refractivity (Wildman–Crippen MR) is 63.9 cm³/mol. The summed E-state index contributed by atoms with van der Waals surface area (Å²) in [6, 6.07) is 3.65. The lowest BCUT2D eigenvalue weighted by Crippen LogP contribution is -2.54. The van der Waals surface area contributed by atoms with Gasteiger partial charge in [0.2, 0.25) is 0 Å². The van der Waals surface area contributed by atoms with Crippen molar-refractivity contribution in [3.63, 3.8) is 0 Å². The molecule has 1 fully saturated rings. The molecule has 0 atom stereocenters. The van der Waals surface area contributed by atoms with Gasteiger partial charge in [0.1, 0.15) is 5.76 Å². The van der Waals surface area contributed by atoms with Gasteiger partial charge in [0.15, 0.2) is 5.78 Å². The smallest absolute Gasteiger partial charge is 0.160 e. The zero-order chi connectivity index (χ0) is 12.3. The van der Waals surface area contributed by atoms with Crippen LogP contribution in [0.2, 0.25) is 0 Å². The van der Waals surface area contributed by atoms with E-state index in [2.05, 4.69) is 4.90 Å². The third kappa shape index (κ3) is 2.76. The van der Waals surface area contributed by atoms with Crippen molar-refractivity contribution in [3.8, 4) is 0 Å². The molecule has 2 heterocycles. The molecule has 1 saturated heterocycles. The van der Waals surface area contributed by atoms with Crippen molar-refractivity contribution >= 4 is 5.78 Å². The zero-order valence-electron chi connectivity index (χ0n) is 10.4. The maximum absolute atomic E-state index is 12.3. The van der Waals surface area contributed by atoms with E-state index < -0.39 is 5.54 Å². The Bertz CT molecular complexity index is 364. The van der Waals surface area contributed by atoms with Gasteiger partial charge in [-0.15, -0.1) is 0 Å². The van der Waals surface area contributed by atoms with Crippen LogP contribution in [-0.4, -0.2) is 42.5 Å². The van der Waals surface area contributed by atoms with Crippen molar-refractivity contribution < 1.29 is 13.9 Å². The SMILES string of the molecule is CC(C)(C(=O)Cc1ccco1)N1CCOCC1. The number of hydrogen-bond donors (Lipinski definition) is 0. The van der Waals surface area contributed by atoms with Gasteiger partial charge >= 0.3 is 0 Å². The molecule has 0 aromatic carbocycles. The molecule has 4 heteroatoms.